The van der Waals surface area contributed by atoms with Crippen LogP contribution in [0.25, 0.3) is 0 Å². The number of aromatic amines is 1. The summed E-state index contributed by atoms with van der Waals surface area (Å²) >= 11 is 0. The van der Waals surface area contributed by atoms with Crippen molar-refractivity contribution < 1.29 is 4.79 Å². The third kappa shape index (κ3) is 3.53. The number of hydrogen-bond donors (Lipinski definition) is 2. The fourth-order valence-corrected chi connectivity index (χ4v) is 1.13. The van der Waals surface area contributed by atoms with Gasteiger partial charge in [-0.15, -0.1) is 0 Å². The van der Waals surface area contributed by atoms with Crippen molar-refractivity contribution in [3.05, 3.63) is 34.2 Å². The molecular weight excluding hydrogens is 204 g/mol. The van der Waals surface area contributed by atoms with Crippen LogP contribution in [-0.4, -0.2) is 17.4 Å². The Balaban J connectivity index is 2.63. The molecule has 0 spiro atoms. The predicted octanol–water partition coefficient (Wildman–Crippen LogP) is 1.54. The molecule has 0 atom stereocenters. The average Bonchev–Trinajstić information content (AvgIpc) is 2.26. The number of hydrogen-bond acceptors (Lipinski definition) is 2. The Labute approximate surface area is 95.1 Å². The highest BCUT2D eigenvalue weighted by Gasteiger charge is 2.16. The van der Waals surface area contributed by atoms with Crippen molar-refractivity contribution in [3.8, 4) is 0 Å². The second kappa shape index (κ2) is 4.96. The van der Waals surface area contributed by atoms with E-state index in [1.54, 1.807) is 6.07 Å². The van der Waals surface area contributed by atoms with E-state index in [4.69, 9.17) is 0 Å². The highest BCUT2D eigenvalue weighted by Crippen LogP contribution is 2.17. The molecule has 0 unspecified atom stereocenters. The molecule has 0 bridgehead atoms. The van der Waals surface area contributed by atoms with Crippen LogP contribution in [0.5, 0.6) is 0 Å². The van der Waals surface area contributed by atoms with Gasteiger partial charge in [0.2, 0.25) is 5.56 Å². The number of aromatic nitrogens is 1. The van der Waals surface area contributed by atoms with E-state index in [0.29, 0.717) is 12.1 Å². The lowest BCUT2D eigenvalue weighted by atomic mass is 9.90. The van der Waals surface area contributed by atoms with Gasteiger partial charge in [-0.1, -0.05) is 20.8 Å². The maximum absolute atomic E-state index is 11.7. The fraction of sp³-hybridized carbons (Fsp3) is 0.500. The molecule has 0 saturated carbocycles. The summed E-state index contributed by atoms with van der Waals surface area (Å²) in [5.74, 6) is -0.201. The predicted molar refractivity (Wildman–Crippen MR) is 63.5 cm³/mol. The molecule has 4 nitrogen and oxygen atoms in total. The van der Waals surface area contributed by atoms with Crippen molar-refractivity contribution >= 4 is 5.91 Å². The third-order valence-electron chi connectivity index (χ3n) is 2.72. The van der Waals surface area contributed by atoms with E-state index in [0.717, 1.165) is 6.42 Å². The lowest BCUT2D eigenvalue weighted by Crippen LogP contribution is -2.34. The van der Waals surface area contributed by atoms with Gasteiger partial charge in [0.05, 0.1) is 0 Å². The molecule has 0 aliphatic heterocycles. The zero-order chi connectivity index (χ0) is 12.2. The van der Waals surface area contributed by atoms with Gasteiger partial charge in [0.1, 0.15) is 0 Å². The Morgan fingerprint density at radius 3 is 2.75 bits per heavy atom. The Kier molecular flexibility index (Phi) is 3.88. The van der Waals surface area contributed by atoms with E-state index in [9.17, 15) is 9.59 Å². The molecule has 0 saturated heterocycles. The van der Waals surface area contributed by atoms with Crippen molar-refractivity contribution in [2.75, 3.05) is 6.54 Å². The average molecular weight is 222 g/mol. The van der Waals surface area contributed by atoms with E-state index in [-0.39, 0.29) is 16.9 Å². The van der Waals surface area contributed by atoms with Gasteiger partial charge in [-0.3, -0.25) is 9.59 Å². The van der Waals surface area contributed by atoms with Crippen molar-refractivity contribution in [1.82, 2.24) is 10.3 Å². The van der Waals surface area contributed by atoms with Crippen molar-refractivity contribution in [2.24, 2.45) is 5.41 Å². The number of pyridine rings is 1. The van der Waals surface area contributed by atoms with Crippen LogP contribution in [0.1, 0.15) is 37.6 Å². The zero-order valence-electron chi connectivity index (χ0n) is 9.96. The number of carbonyl (C=O) groups is 1. The van der Waals surface area contributed by atoms with Gasteiger partial charge in [-0.05, 0) is 17.9 Å². The van der Waals surface area contributed by atoms with E-state index in [1.807, 2.05) is 0 Å². The molecular formula is C12H18N2O2. The molecule has 0 fully saturated rings. The van der Waals surface area contributed by atoms with Gasteiger partial charge in [0, 0.05) is 24.4 Å². The molecule has 0 radical (unpaired) electrons. The largest absolute Gasteiger partial charge is 0.351 e. The van der Waals surface area contributed by atoms with Crippen molar-refractivity contribution in [3.63, 3.8) is 0 Å². The highest BCUT2D eigenvalue weighted by molar-refractivity contribution is 5.93. The Morgan fingerprint density at radius 1 is 1.50 bits per heavy atom. The summed E-state index contributed by atoms with van der Waals surface area (Å²) in [5.41, 5.74) is 0.217. The topological polar surface area (TPSA) is 62.0 Å². The highest BCUT2D eigenvalue weighted by atomic mass is 16.2. The van der Waals surface area contributed by atoms with Gasteiger partial charge >= 0.3 is 0 Å². The normalized spacial score (nSPS) is 11.2. The van der Waals surface area contributed by atoms with Crippen LogP contribution in [0.2, 0.25) is 0 Å². The zero-order valence-corrected chi connectivity index (χ0v) is 9.96. The Morgan fingerprint density at radius 2 is 2.19 bits per heavy atom. The minimum atomic E-state index is -0.262. The van der Waals surface area contributed by atoms with Crippen LogP contribution in [0.15, 0.2) is 23.1 Å². The van der Waals surface area contributed by atoms with E-state index in [1.165, 1.54) is 12.3 Å². The summed E-state index contributed by atoms with van der Waals surface area (Å²) in [6, 6.07) is 2.89. The van der Waals surface area contributed by atoms with Crippen LogP contribution >= 0.6 is 0 Å². The Bertz CT molecular complexity index is 421. The minimum absolute atomic E-state index is 0.0802. The van der Waals surface area contributed by atoms with Crippen LogP contribution in [-0.2, 0) is 0 Å². The van der Waals surface area contributed by atoms with Gasteiger partial charge < -0.3 is 10.3 Å². The summed E-state index contributed by atoms with van der Waals surface area (Å²) in [7, 11) is 0. The minimum Gasteiger partial charge on any atom is -0.351 e. The van der Waals surface area contributed by atoms with E-state index >= 15 is 0 Å². The van der Waals surface area contributed by atoms with Crippen LogP contribution < -0.4 is 10.9 Å². The maximum atomic E-state index is 11.7. The van der Waals surface area contributed by atoms with Crippen LogP contribution in [0.4, 0.5) is 0 Å². The number of H-pyrrole nitrogens is 1. The number of carbonyl (C=O) groups excluding carboxylic acids is 1. The molecule has 1 amide bonds. The first-order valence-corrected chi connectivity index (χ1v) is 5.41. The molecule has 0 aliphatic rings. The Hall–Kier alpha value is -1.58. The summed E-state index contributed by atoms with van der Waals surface area (Å²) < 4.78 is 0. The SMILES string of the molecule is CCC(C)(C)CNC(=O)c1cc[nH]c(=O)c1. The van der Waals surface area contributed by atoms with Gasteiger partial charge in [-0.25, -0.2) is 0 Å². The quantitative estimate of drug-likeness (QED) is 0.811. The van der Waals surface area contributed by atoms with Crippen LogP contribution in [0.3, 0.4) is 0 Å². The lowest BCUT2D eigenvalue weighted by molar-refractivity contribution is 0.0935. The molecule has 4 heteroatoms. The summed E-state index contributed by atoms with van der Waals surface area (Å²) in [5, 5.41) is 2.83. The molecule has 1 aromatic rings. The van der Waals surface area contributed by atoms with Crippen molar-refractivity contribution in [1.29, 1.82) is 0 Å². The second-order valence-electron chi connectivity index (χ2n) is 4.64. The standard InChI is InChI=1S/C12H18N2O2/c1-4-12(2,3)8-14-11(16)9-5-6-13-10(15)7-9/h5-7H,4,8H2,1-3H3,(H,13,15)(H,14,16). The molecule has 1 aromatic heterocycles. The lowest BCUT2D eigenvalue weighted by Gasteiger charge is -2.22. The monoisotopic (exact) mass is 222 g/mol. The second-order valence-corrected chi connectivity index (χ2v) is 4.64. The molecule has 88 valence electrons. The number of rotatable bonds is 4. The number of amides is 1. The summed E-state index contributed by atoms with van der Waals surface area (Å²) in [6.45, 7) is 6.87. The summed E-state index contributed by atoms with van der Waals surface area (Å²) in [4.78, 5) is 25.2. The maximum Gasteiger partial charge on any atom is 0.251 e. The molecule has 1 rings (SSSR count). The van der Waals surface area contributed by atoms with E-state index < -0.39 is 0 Å². The van der Waals surface area contributed by atoms with Crippen molar-refractivity contribution in [2.45, 2.75) is 27.2 Å². The van der Waals surface area contributed by atoms with Crippen LogP contribution in [0, 0.1) is 5.41 Å². The third-order valence-corrected chi connectivity index (χ3v) is 2.72. The molecule has 16 heavy (non-hydrogen) atoms. The fourth-order valence-electron chi connectivity index (χ4n) is 1.13. The van der Waals surface area contributed by atoms with Gasteiger partial charge in [0.25, 0.3) is 5.91 Å². The molecule has 0 aliphatic carbocycles. The first kappa shape index (κ1) is 12.5. The smallest absolute Gasteiger partial charge is 0.251 e. The number of nitrogens with one attached hydrogen (secondary N) is 2. The first-order chi connectivity index (χ1) is 7.44. The first-order valence-electron chi connectivity index (χ1n) is 5.41. The molecule has 0 aromatic carbocycles. The molecule has 1 heterocycles. The van der Waals surface area contributed by atoms with Gasteiger partial charge in [0.15, 0.2) is 0 Å². The van der Waals surface area contributed by atoms with Gasteiger partial charge in [-0.2, -0.15) is 0 Å². The van der Waals surface area contributed by atoms with E-state index in [2.05, 4.69) is 31.1 Å². The molecule has 2 N–H and O–H groups in total. The summed E-state index contributed by atoms with van der Waals surface area (Å²) in [6.07, 6.45) is 2.46.